The lowest BCUT2D eigenvalue weighted by Crippen LogP contribution is -2.27. The highest BCUT2D eigenvalue weighted by Crippen LogP contribution is 2.30. The van der Waals surface area contributed by atoms with Gasteiger partial charge in [-0.2, -0.15) is 5.10 Å². The lowest BCUT2D eigenvalue weighted by Gasteiger charge is -2.13. The number of nitrogens with zero attached hydrogens (tertiary/aromatic N) is 1. The van der Waals surface area contributed by atoms with Crippen molar-refractivity contribution in [3.63, 3.8) is 0 Å². The van der Waals surface area contributed by atoms with E-state index in [1.807, 2.05) is 56.3 Å². The summed E-state index contributed by atoms with van der Waals surface area (Å²) in [6, 6.07) is 16.7. The zero-order valence-corrected chi connectivity index (χ0v) is 18.1. The Labute approximate surface area is 186 Å². The van der Waals surface area contributed by atoms with Gasteiger partial charge in [0, 0.05) is 23.2 Å². The van der Waals surface area contributed by atoms with Gasteiger partial charge in [0.25, 0.3) is 11.8 Å². The van der Waals surface area contributed by atoms with Crippen LogP contribution in [-0.4, -0.2) is 24.1 Å². The first-order chi connectivity index (χ1) is 15.5. The van der Waals surface area contributed by atoms with Crippen LogP contribution >= 0.6 is 0 Å². The Morgan fingerprint density at radius 1 is 1.03 bits per heavy atom. The summed E-state index contributed by atoms with van der Waals surface area (Å²) in [5.41, 5.74) is 6.60. The number of carbonyl (C=O) groups excluding carboxylic acids is 2. The molecule has 2 N–H and O–H groups in total. The fraction of sp³-hybridized carbons (Fsp3) is 0.240. The molecular weight excluding hydrogens is 406 g/mol. The van der Waals surface area contributed by atoms with E-state index >= 15 is 0 Å². The lowest BCUT2D eigenvalue weighted by molar-refractivity contribution is -0.123. The summed E-state index contributed by atoms with van der Waals surface area (Å²) in [5.74, 6) is 0.942. The lowest BCUT2D eigenvalue weighted by atomic mass is 9.93. The molecule has 7 heteroatoms. The van der Waals surface area contributed by atoms with Crippen LogP contribution in [0.4, 0.5) is 5.69 Å². The second-order valence-electron chi connectivity index (χ2n) is 7.72. The van der Waals surface area contributed by atoms with Crippen molar-refractivity contribution in [2.24, 2.45) is 5.10 Å². The van der Waals surface area contributed by atoms with E-state index in [9.17, 15) is 9.59 Å². The number of hydrogen-bond donors (Lipinski definition) is 2. The first kappa shape index (κ1) is 21.4. The van der Waals surface area contributed by atoms with E-state index in [0.29, 0.717) is 23.6 Å². The minimum Gasteiger partial charge on any atom is -0.484 e. The first-order valence-corrected chi connectivity index (χ1v) is 10.5. The molecule has 0 saturated carbocycles. The summed E-state index contributed by atoms with van der Waals surface area (Å²) in [4.78, 5) is 25.0. The molecule has 0 atom stereocenters. The highest BCUT2D eigenvalue weighted by molar-refractivity contribution is 6.09. The topological polar surface area (TPSA) is 92.9 Å². The molecule has 7 nitrogen and oxygen atoms in total. The van der Waals surface area contributed by atoms with E-state index in [2.05, 4.69) is 15.8 Å². The molecule has 0 aliphatic heterocycles. The standard InChI is InChI=1S/C25H25N3O4/c1-16-11-13-18(14-12-16)26-25(30)24-17(2)23-20(9-6-10-21(23)32-24)27-28-22(29)15-31-19-7-4-3-5-8-19/h3-5,7-8,11-14H,6,9-10,15H2,1-2H3,(H,26,30)(H,28,29)/b27-20+. The van der Waals surface area contributed by atoms with E-state index in [1.54, 1.807) is 12.1 Å². The Morgan fingerprint density at radius 2 is 1.78 bits per heavy atom. The maximum absolute atomic E-state index is 12.8. The van der Waals surface area contributed by atoms with Crippen LogP contribution < -0.4 is 15.5 Å². The molecule has 1 heterocycles. The van der Waals surface area contributed by atoms with Gasteiger partial charge in [0.2, 0.25) is 0 Å². The van der Waals surface area contributed by atoms with Crippen LogP contribution in [0.5, 0.6) is 5.75 Å². The number of fused-ring (bicyclic) bond motifs is 1. The number of furan rings is 1. The summed E-state index contributed by atoms with van der Waals surface area (Å²) in [6.07, 6.45) is 2.23. The molecule has 164 valence electrons. The largest absolute Gasteiger partial charge is 0.484 e. The number of amides is 2. The smallest absolute Gasteiger partial charge is 0.291 e. The predicted octanol–water partition coefficient (Wildman–Crippen LogP) is 4.38. The summed E-state index contributed by atoms with van der Waals surface area (Å²) in [6.45, 7) is 3.69. The normalized spacial score (nSPS) is 14.0. The van der Waals surface area contributed by atoms with Crippen molar-refractivity contribution in [1.29, 1.82) is 0 Å². The molecule has 4 rings (SSSR count). The minimum absolute atomic E-state index is 0.137. The SMILES string of the molecule is Cc1ccc(NC(=O)c2oc3c(c2C)/C(=N/NC(=O)COc2ccccc2)CCC3)cc1. The van der Waals surface area contributed by atoms with Crippen molar-refractivity contribution in [2.75, 3.05) is 11.9 Å². The van der Waals surface area contributed by atoms with E-state index < -0.39 is 0 Å². The third-order valence-electron chi connectivity index (χ3n) is 5.27. The molecule has 1 aliphatic carbocycles. The number of rotatable bonds is 6. The van der Waals surface area contributed by atoms with Crippen LogP contribution in [0.3, 0.4) is 0 Å². The van der Waals surface area contributed by atoms with Crippen molar-refractivity contribution in [2.45, 2.75) is 33.1 Å². The molecule has 3 aromatic rings. The van der Waals surface area contributed by atoms with Crippen molar-refractivity contribution in [1.82, 2.24) is 5.43 Å². The van der Waals surface area contributed by atoms with Crippen LogP contribution in [-0.2, 0) is 11.2 Å². The maximum atomic E-state index is 12.8. The Bertz CT molecular complexity index is 1150. The van der Waals surface area contributed by atoms with Crippen molar-refractivity contribution in [3.05, 3.63) is 82.8 Å². The van der Waals surface area contributed by atoms with E-state index in [0.717, 1.165) is 35.3 Å². The molecule has 0 saturated heterocycles. The Balaban J connectivity index is 1.45. The highest BCUT2D eigenvalue weighted by Gasteiger charge is 2.28. The molecule has 2 amide bonds. The number of benzene rings is 2. The number of nitrogens with one attached hydrogen (secondary N) is 2. The van der Waals surface area contributed by atoms with E-state index in [4.69, 9.17) is 9.15 Å². The van der Waals surface area contributed by atoms with Crippen molar-refractivity contribution in [3.8, 4) is 5.75 Å². The molecule has 2 aromatic carbocycles. The average Bonchev–Trinajstić information content (AvgIpc) is 3.16. The number of anilines is 1. The molecule has 0 unspecified atom stereocenters. The van der Waals surface area contributed by atoms with E-state index in [1.165, 1.54) is 0 Å². The second kappa shape index (κ2) is 9.51. The number of hydrogen-bond acceptors (Lipinski definition) is 5. The fourth-order valence-corrected chi connectivity index (χ4v) is 3.65. The number of hydrazone groups is 1. The van der Waals surface area contributed by atoms with E-state index in [-0.39, 0.29) is 24.2 Å². The third-order valence-corrected chi connectivity index (χ3v) is 5.27. The third kappa shape index (κ3) is 4.88. The summed E-state index contributed by atoms with van der Waals surface area (Å²) in [7, 11) is 0. The number of ether oxygens (including phenoxy) is 1. The number of para-hydroxylation sites is 1. The average molecular weight is 431 g/mol. The number of carbonyl (C=O) groups is 2. The molecule has 32 heavy (non-hydrogen) atoms. The van der Waals surface area contributed by atoms with Crippen LogP contribution in [0.1, 0.15) is 45.8 Å². The predicted molar refractivity (Wildman–Crippen MR) is 122 cm³/mol. The monoisotopic (exact) mass is 431 g/mol. The van der Waals surface area contributed by atoms with Crippen LogP contribution in [0.2, 0.25) is 0 Å². The minimum atomic E-state index is -0.355. The van der Waals surface area contributed by atoms with Gasteiger partial charge in [-0.05, 0) is 51.0 Å². The quantitative estimate of drug-likeness (QED) is 0.567. The van der Waals surface area contributed by atoms with Crippen molar-refractivity contribution < 1.29 is 18.7 Å². The molecule has 1 aromatic heterocycles. The molecule has 0 bridgehead atoms. The van der Waals surface area contributed by atoms with Crippen LogP contribution in [0.15, 0.2) is 64.1 Å². The van der Waals surface area contributed by atoms with Gasteiger partial charge in [-0.15, -0.1) is 0 Å². The second-order valence-corrected chi connectivity index (χ2v) is 7.72. The summed E-state index contributed by atoms with van der Waals surface area (Å²) < 4.78 is 11.4. The molecule has 0 spiro atoms. The summed E-state index contributed by atoms with van der Waals surface area (Å²) >= 11 is 0. The fourth-order valence-electron chi connectivity index (χ4n) is 3.65. The Hall–Kier alpha value is -3.87. The van der Waals surface area contributed by atoms with Crippen LogP contribution in [0, 0.1) is 13.8 Å². The zero-order valence-electron chi connectivity index (χ0n) is 18.1. The maximum Gasteiger partial charge on any atom is 0.291 e. The van der Waals surface area contributed by atoms with Gasteiger partial charge in [-0.1, -0.05) is 35.9 Å². The van der Waals surface area contributed by atoms with Gasteiger partial charge in [0.05, 0.1) is 5.71 Å². The van der Waals surface area contributed by atoms with Gasteiger partial charge in [-0.3, -0.25) is 9.59 Å². The highest BCUT2D eigenvalue weighted by atomic mass is 16.5. The van der Waals surface area contributed by atoms with Gasteiger partial charge < -0.3 is 14.5 Å². The molecule has 1 aliphatic rings. The zero-order chi connectivity index (χ0) is 22.5. The molecular formula is C25H25N3O4. The molecule has 0 radical (unpaired) electrons. The number of aryl methyl sites for hydroxylation is 2. The van der Waals surface area contributed by atoms with Gasteiger partial charge in [0.15, 0.2) is 12.4 Å². The first-order valence-electron chi connectivity index (χ1n) is 10.5. The molecule has 0 fully saturated rings. The summed E-state index contributed by atoms with van der Waals surface area (Å²) in [5, 5.41) is 7.18. The van der Waals surface area contributed by atoms with Gasteiger partial charge >= 0.3 is 0 Å². The van der Waals surface area contributed by atoms with Gasteiger partial charge in [-0.25, -0.2) is 5.43 Å². The van der Waals surface area contributed by atoms with Gasteiger partial charge in [0.1, 0.15) is 11.5 Å². The van der Waals surface area contributed by atoms with Crippen LogP contribution in [0.25, 0.3) is 0 Å². The Kier molecular flexibility index (Phi) is 6.35. The Morgan fingerprint density at radius 3 is 2.53 bits per heavy atom. The van der Waals surface area contributed by atoms with Crippen molar-refractivity contribution >= 4 is 23.2 Å².